The van der Waals surface area contributed by atoms with E-state index in [1.807, 2.05) is 0 Å². The summed E-state index contributed by atoms with van der Waals surface area (Å²) in [5.74, 6) is -0.942. The largest absolute Gasteiger partial charge is 0.463 e. The van der Waals surface area contributed by atoms with E-state index in [4.69, 9.17) is 4.42 Å². The molecule has 2 rings (SSSR count). The van der Waals surface area contributed by atoms with Crippen LogP contribution in [0.5, 0.6) is 0 Å². The lowest BCUT2D eigenvalue weighted by Gasteiger charge is -2.07. The van der Waals surface area contributed by atoms with E-state index in [9.17, 15) is 14.3 Å². The van der Waals surface area contributed by atoms with Gasteiger partial charge in [-0.2, -0.15) is 0 Å². The highest BCUT2D eigenvalue weighted by Crippen LogP contribution is 2.24. The number of benzene rings is 1. The quantitative estimate of drug-likeness (QED) is 0.849. The molecule has 0 radical (unpaired) electrons. The van der Waals surface area contributed by atoms with Crippen molar-refractivity contribution in [3.63, 3.8) is 0 Å². The van der Waals surface area contributed by atoms with Crippen LogP contribution >= 0.6 is 0 Å². The van der Waals surface area contributed by atoms with Crippen LogP contribution in [0.2, 0.25) is 0 Å². The van der Waals surface area contributed by atoms with Crippen LogP contribution in [0.4, 0.5) is 4.39 Å². The van der Waals surface area contributed by atoms with Crippen molar-refractivity contribution >= 4 is 5.97 Å². The average Bonchev–Trinajstić information content (AvgIpc) is 2.86. The molecule has 94 valence electrons. The molecule has 5 heteroatoms. The summed E-state index contributed by atoms with van der Waals surface area (Å²) in [6, 6.07) is 8.36. The van der Waals surface area contributed by atoms with Gasteiger partial charge in [-0.3, -0.25) is 0 Å². The molecule has 2 aromatic rings. The summed E-state index contributed by atoms with van der Waals surface area (Å²) in [5, 5.41) is 9.97. The minimum atomic E-state index is -1.13. The average molecular weight is 250 g/mol. The summed E-state index contributed by atoms with van der Waals surface area (Å²) < 4.78 is 22.6. The lowest BCUT2D eigenvalue weighted by molar-refractivity contribution is 0.0558. The highest BCUT2D eigenvalue weighted by Gasteiger charge is 2.18. The second kappa shape index (κ2) is 5.01. The van der Waals surface area contributed by atoms with E-state index in [0.717, 1.165) is 0 Å². The zero-order chi connectivity index (χ0) is 13.1. The molecule has 0 bridgehead atoms. The molecule has 0 aliphatic rings. The van der Waals surface area contributed by atoms with Crippen molar-refractivity contribution in [3.05, 3.63) is 59.3 Å². The van der Waals surface area contributed by atoms with Gasteiger partial charge in [-0.15, -0.1) is 0 Å². The van der Waals surface area contributed by atoms with Crippen molar-refractivity contribution < 1.29 is 23.4 Å². The Labute approximate surface area is 103 Å². The molecule has 18 heavy (non-hydrogen) atoms. The fraction of sp³-hybridized carbons (Fsp3) is 0.154. The van der Waals surface area contributed by atoms with Crippen LogP contribution in [0.15, 0.2) is 40.8 Å². The van der Waals surface area contributed by atoms with Crippen LogP contribution in [0.1, 0.15) is 28.0 Å². The van der Waals surface area contributed by atoms with Crippen LogP contribution in [0.3, 0.4) is 0 Å². The van der Waals surface area contributed by atoms with Gasteiger partial charge in [0.2, 0.25) is 5.76 Å². The lowest BCUT2D eigenvalue weighted by atomic mass is 10.1. The normalized spacial score (nSPS) is 12.2. The number of methoxy groups -OCH3 is 1. The smallest absolute Gasteiger partial charge is 0.373 e. The predicted molar refractivity (Wildman–Crippen MR) is 60.5 cm³/mol. The monoisotopic (exact) mass is 250 g/mol. The summed E-state index contributed by atoms with van der Waals surface area (Å²) in [7, 11) is 1.23. The SMILES string of the molecule is COC(=O)c1ccc(C(O)c2cccc(F)c2)o1. The number of ether oxygens (including phenoxy) is 1. The highest BCUT2D eigenvalue weighted by atomic mass is 19.1. The van der Waals surface area contributed by atoms with E-state index >= 15 is 0 Å². The lowest BCUT2D eigenvalue weighted by Crippen LogP contribution is -2.00. The highest BCUT2D eigenvalue weighted by molar-refractivity contribution is 5.86. The number of esters is 1. The molecule has 0 fully saturated rings. The van der Waals surface area contributed by atoms with Gasteiger partial charge in [-0.1, -0.05) is 12.1 Å². The number of carbonyl (C=O) groups is 1. The number of rotatable bonds is 3. The third-order valence-corrected chi connectivity index (χ3v) is 2.45. The van der Waals surface area contributed by atoms with Gasteiger partial charge in [0.1, 0.15) is 17.7 Å². The molecule has 1 atom stereocenters. The molecule has 1 aromatic heterocycles. The maximum Gasteiger partial charge on any atom is 0.373 e. The van der Waals surface area contributed by atoms with Crippen LogP contribution in [0.25, 0.3) is 0 Å². The van der Waals surface area contributed by atoms with Gasteiger partial charge in [0.15, 0.2) is 0 Å². The van der Waals surface area contributed by atoms with E-state index < -0.39 is 17.9 Å². The molecule has 1 unspecified atom stereocenters. The van der Waals surface area contributed by atoms with E-state index in [0.29, 0.717) is 5.56 Å². The zero-order valence-electron chi connectivity index (χ0n) is 9.59. The summed E-state index contributed by atoms with van der Waals surface area (Å²) >= 11 is 0. The molecule has 0 spiro atoms. The zero-order valence-corrected chi connectivity index (χ0v) is 9.59. The third-order valence-electron chi connectivity index (χ3n) is 2.45. The van der Waals surface area contributed by atoms with Gasteiger partial charge in [0.05, 0.1) is 7.11 Å². The molecule has 0 aliphatic heterocycles. The van der Waals surface area contributed by atoms with Gasteiger partial charge in [0.25, 0.3) is 0 Å². The first-order valence-electron chi connectivity index (χ1n) is 5.23. The van der Waals surface area contributed by atoms with E-state index in [2.05, 4.69) is 4.74 Å². The Morgan fingerprint density at radius 1 is 1.39 bits per heavy atom. The maximum atomic E-state index is 13.0. The number of halogens is 1. The molecule has 0 amide bonds. The second-order valence-electron chi connectivity index (χ2n) is 3.65. The van der Waals surface area contributed by atoms with Crippen molar-refractivity contribution in [1.29, 1.82) is 0 Å². The molecule has 1 N–H and O–H groups in total. The molecular formula is C13H11FO4. The molecule has 0 saturated heterocycles. The van der Waals surface area contributed by atoms with Gasteiger partial charge < -0.3 is 14.3 Å². The number of carbonyl (C=O) groups excluding carboxylic acids is 1. The van der Waals surface area contributed by atoms with Gasteiger partial charge in [-0.05, 0) is 29.8 Å². The Hall–Kier alpha value is -2.14. The first kappa shape index (κ1) is 12.3. The van der Waals surface area contributed by atoms with Gasteiger partial charge in [-0.25, -0.2) is 9.18 Å². The molecule has 4 nitrogen and oxygen atoms in total. The minimum Gasteiger partial charge on any atom is -0.463 e. The van der Waals surface area contributed by atoms with Crippen molar-refractivity contribution in [2.75, 3.05) is 7.11 Å². The fourth-order valence-corrected chi connectivity index (χ4v) is 1.55. The molecule has 0 aliphatic carbocycles. The van der Waals surface area contributed by atoms with Crippen molar-refractivity contribution in [2.24, 2.45) is 0 Å². The third kappa shape index (κ3) is 2.41. The minimum absolute atomic E-state index is 0.0112. The number of aliphatic hydroxyl groups excluding tert-OH is 1. The first-order chi connectivity index (χ1) is 8.61. The summed E-state index contributed by atoms with van der Waals surface area (Å²) in [6.45, 7) is 0. The fourth-order valence-electron chi connectivity index (χ4n) is 1.55. The van der Waals surface area contributed by atoms with Crippen molar-refractivity contribution in [1.82, 2.24) is 0 Å². The Morgan fingerprint density at radius 2 is 2.17 bits per heavy atom. The summed E-state index contributed by atoms with van der Waals surface area (Å²) in [4.78, 5) is 11.2. The maximum absolute atomic E-state index is 13.0. The second-order valence-corrected chi connectivity index (χ2v) is 3.65. The summed E-state index contributed by atoms with van der Waals surface area (Å²) in [6.07, 6.45) is -1.13. The molecule has 0 saturated carbocycles. The number of furan rings is 1. The van der Waals surface area contributed by atoms with Crippen LogP contribution < -0.4 is 0 Å². The van der Waals surface area contributed by atoms with Crippen LogP contribution in [0, 0.1) is 5.82 Å². The van der Waals surface area contributed by atoms with Gasteiger partial charge >= 0.3 is 5.97 Å². The molecule has 1 aromatic carbocycles. The number of aliphatic hydroxyl groups is 1. The van der Waals surface area contributed by atoms with E-state index in [1.54, 1.807) is 6.07 Å². The Balaban J connectivity index is 2.26. The van der Waals surface area contributed by atoms with Crippen molar-refractivity contribution in [2.45, 2.75) is 6.10 Å². The topological polar surface area (TPSA) is 59.7 Å². The Kier molecular flexibility index (Phi) is 3.43. The van der Waals surface area contributed by atoms with Crippen molar-refractivity contribution in [3.8, 4) is 0 Å². The van der Waals surface area contributed by atoms with Crippen LogP contribution in [-0.4, -0.2) is 18.2 Å². The number of hydrogen-bond acceptors (Lipinski definition) is 4. The van der Waals surface area contributed by atoms with E-state index in [-0.39, 0.29) is 11.5 Å². The molecular weight excluding hydrogens is 239 g/mol. The predicted octanol–water partition coefficient (Wildman–Crippen LogP) is 2.29. The Morgan fingerprint density at radius 3 is 2.83 bits per heavy atom. The summed E-state index contributed by atoms with van der Waals surface area (Å²) in [5.41, 5.74) is 0.348. The van der Waals surface area contributed by atoms with Crippen LogP contribution in [-0.2, 0) is 4.74 Å². The van der Waals surface area contributed by atoms with Gasteiger partial charge in [0, 0.05) is 0 Å². The number of hydrogen-bond donors (Lipinski definition) is 1. The van der Waals surface area contributed by atoms with E-state index in [1.165, 1.54) is 37.4 Å². The molecule has 1 heterocycles. The Bertz CT molecular complexity index is 562. The first-order valence-corrected chi connectivity index (χ1v) is 5.23. The standard InChI is InChI=1S/C13H11FO4/c1-17-13(16)11-6-5-10(18-11)12(15)8-3-2-4-9(14)7-8/h2-7,12,15H,1H3.